The molecule has 2 aliphatic heterocycles. The van der Waals surface area contributed by atoms with E-state index >= 15 is 0 Å². The fourth-order valence-corrected chi connectivity index (χ4v) is 3.10. The predicted molar refractivity (Wildman–Crippen MR) is 73.3 cm³/mol. The molecular formula is C15H19NO4. The van der Waals surface area contributed by atoms with E-state index in [-0.39, 0.29) is 18.2 Å². The number of amides is 1. The molecule has 1 fully saturated rings. The van der Waals surface area contributed by atoms with E-state index in [1.807, 2.05) is 24.0 Å². The maximum absolute atomic E-state index is 12.0. The molecule has 5 heteroatoms. The van der Waals surface area contributed by atoms with Gasteiger partial charge in [-0.3, -0.25) is 0 Å². The first-order chi connectivity index (χ1) is 9.63. The number of hydrogen-bond acceptors (Lipinski definition) is 4. The monoisotopic (exact) mass is 277 g/mol. The molecule has 0 aliphatic carbocycles. The number of cyclic esters (lactones) is 1. The molecule has 1 aromatic carbocycles. The Morgan fingerprint density at radius 3 is 2.65 bits per heavy atom. The summed E-state index contributed by atoms with van der Waals surface area (Å²) in [4.78, 5) is 13.8. The van der Waals surface area contributed by atoms with Gasteiger partial charge in [-0.25, -0.2) is 4.79 Å². The smallest absolute Gasteiger partial charge is 0.410 e. The van der Waals surface area contributed by atoms with Gasteiger partial charge >= 0.3 is 6.09 Å². The zero-order chi connectivity index (χ0) is 14.3. The lowest BCUT2D eigenvalue weighted by atomic mass is 9.88. The molecule has 0 N–H and O–H groups in total. The minimum atomic E-state index is -0.214. The fraction of sp³-hybridized carbons (Fsp3) is 0.533. The molecule has 0 spiro atoms. The summed E-state index contributed by atoms with van der Waals surface area (Å²) in [7, 11) is 3.27. The molecule has 1 amide bonds. The van der Waals surface area contributed by atoms with Gasteiger partial charge in [0.15, 0.2) is 11.5 Å². The molecule has 108 valence electrons. The summed E-state index contributed by atoms with van der Waals surface area (Å²) in [6.07, 6.45) is 1.36. The Labute approximate surface area is 118 Å². The molecule has 1 saturated heterocycles. The normalized spacial score (nSPS) is 24.6. The molecule has 1 aromatic rings. The molecule has 2 heterocycles. The number of rotatable bonds is 2. The number of fused-ring (bicyclic) bond motifs is 3. The van der Waals surface area contributed by atoms with Gasteiger partial charge in [-0.15, -0.1) is 0 Å². The van der Waals surface area contributed by atoms with E-state index in [9.17, 15) is 4.79 Å². The highest BCUT2D eigenvalue weighted by Gasteiger charge is 2.38. The second-order valence-corrected chi connectivity index (χ2v) is 5.30. The van der Waals surface area contributed by atoms with Crippen molar-refractivity contribution in [2.24, 2.45) is 0 Å². The average molecular weight is 277 g/mol. The highest BCUT2D eigenvalue weighted by atomic mass is 16.6. The molecule has 0 aromatic heterocycles. The molecule has 0 radical (unpaired) electrons. The summed E-state index contributed by atoms with van der Waals surface area (Å²) < 4.78 is 16.0. The first kappa shape index (κ1) is 13.1. The lowest BCUT2D eigenvalue weighted by Gasteiger charge is -2.42. The van der Waals surface area contributed by atoms with Gasteiger partial charge in [0, 0.05) is 13.0 Å². The average Bonchev–Trinajstić information content (AvgIpc) is 2.45. The molecule has 5 nitrogen and oxygen atoms in total. The van der Waals surface area contributed by atoms with Crippen molar-refractivity contribution in [1.82, 2.24) is 4.90 Å². The highest BCUT2D eigenvalue weighted by molar-refractivity contribution is 5.70. The van der Waals surface area contributed by atoms with E-state index in [0.717, 1.165) is 24.2 Å². The van der Waals surface area contributed by atoms with Crippen LogP contribution in [0.25, 0.3) is 0 Å². The second kappa shape index (κ2) is 4.89. The largest absolute Gasteiger partial charge is 0.493 e. The minimum absolute atomic E-state index is 0.0530. The van der Waals surface area contributed by atoms with Crippen molar-refractivity contribution in [3.8, 4) is 11.5 Å². The Kier molecular flexibility index (Phi) is 3.20. The molecule has 3 rings (SSSR count). The number of ether oxygens (including phenoxy) is 3. The van der Waals surface area contributed by atoms with Gasteiger partial charge in [0.1, 0.15) is 6.10 Å². The molecule has 20 heavy (non-hydrogen) atoms. The van der Waals surface area contributed by atoms with Gasteiger partial charge in [-0.1, -0.05) is 0 Å². The van der Waals surface area contributed by atoms with Gasteiger partial charge in [0.2, 0.25) is 0 Å². The third-order valence-electron chi connectivity index (χ3n) is 4.09. The van der Waals surface area contributed by atoms with Gasteiger partial charge in [-0.2, -0.15) is 0 Å². The van der Waals surface area contributed by atoms with Gasteiger partial charge < -0.3 is 19.1 Å². The van der Waals surface area contributed by atoms with Crippen molar-refractivity contribution < 1.29 is 19.0 Å². The second-order valence-electron chi connectivity index (χ2n) is 5.30. The van der Waals surface area contributed by atoms with E-state index in [1.165, 1.54) is 5.56 Å². The lowest BCUT2D eigenvalue weighted by Crippen LogP contribution is -2.46. The summed E-state index contributed by atoms with van der Waals surface area (Å²) in [5, 5.41) is 0. The lowest BCUT2D eigenvalue weighted by molar-refractivity contribution is 0.00220. The third kappa shape index (κ3) is 1.97. The topological polar surface area (TPSA) is 48.0 Å². The van der Waals surface area contributed by atoms with Crippen LogP contribution in [0.15, 0.2) is 12.1 Å². The third-order valence-corrected chi connectivity index (χ3v) is 4.09. The highest BCUT2D eigenvalue weighted by Crippen LogP contribution is 2.41. The minimum Gasteiger partial charge on any atom is -0.493 e. The fourth-order valence-electron chi connectivity index (χ4n) is 3.10. The predicted octanol–water partition coefficient (Wildman–Crippen LogP) is 2.53. The molecule has 0 unspecified atom stereocenters. The Hall–Kier alpha value is -1.91. The van der Waals surface area contributed by atoms with Crippen LogP contribution in [0.4, 0.5) is 4.79 Å². The van der Waals surface area contributed by atoms with Crippen LogP contribution in [0.2, 0.25) is 0 Å². The zero-order valence-corrected chi connectivity index (χ0v) is 12.0. The summed E-state index contributed by atoms with van der Waals surface area (Å²) in [5.74, 6) is 1.45. The van der Waals surface area contributed by atoms with E-state index in [0.29, 0.717) is 12.3 Å². The number of hydrogen-bond donors (Lipinski definition) is 0. The van der Waals surface area contributed by atoms with Crippen molar-refractivity contribution in [3.05, 3.63) is 23.3 Å². The van der Waals surface area contributed by atoms with Gasteiger partial charge in [-0.05, 0) is 36.6 Å². The van der Waals surface area contributed by atoms with Crippen molar-refractivity contribution in [2.45, 2.75) is 31.9 Å². The maximum atomic E-state index is 12.0. The van der Waals surface area contributed by atoms with Crippen LogP contribution in [0.3, 0.4) is 0 Å². The SMILES string of the molecule is COc1cc2c(cc1OC)[C@@H]1C[C@@H](C)OC(=O)N1CC2. The number of methoxy groups -OCH3 is 2. The van der Waals surface area contributed by atoms with Crippen molar-refractivity contribution in [2.75, 3.05) is 20.8 Å². The molecule has 2 aliphatic rings. The van der Waals surface area contributed by atoms with Crippen molar-refractivity contribution in [1.29, 1.82) is 0 Å². The molecule has 0 saturated carbocycles. The van der Waals surface area contributed by atoms with Crippen LogP contribution in [0.5, 0.6) is 11.5 Å². The number of carbonyl (C=O) groups excluding carboxylic acids is 1. The molecular weight excluding hydrogens is 258 g/mol. The quantitative estimate of drug-likeness (QED) is 0.833. The molecule has 2 atom stereocenters. The van der Waals surface area contributed by atoms with E-state index < -0.39 is 0 Å². The Morgan fingerprint density at radius 2 is 1.95 bits per heavy atom. The van der Waals surface area contributed by atoms with Crippen LogP contribution in [-0.4, -0.2) is 37.9 Å². The van der Waals surface area contributed by atoms with Crippen molar-refractivity contribution in [3.63, 3.8) is 0 Å². The summed E-state index contributed by atoms with van der Waals surface area (Å²) in [5.41, 5.74) is 2.38. The van der Waals surface area contributed by atoms with Crippen LogP contribution >= 0.6 is 0 Å². The van der Waals surface area contributed by atoms with E-state index in [2.05, 4.69) is 0 Å². The summed E-state index contributed by atoms with van der Waals surface area (Å²) in [6.45, 7) is 2.63. The first-order valence-corrected chi connectivity index (χ1v) is 6.86. The number of benzene rings is 1. The van der Waals surface area contributed by atoms with E-state index in [1.54, 1.807) is 14.2 Å². The van der Waals surface area contributed by atoms with E-state index in [4.69, 9.17) is 14.2 Å². The maximum Gasteiger partial charge on any atom is 0.410 e. The number of nitrogens with zero attached hydrogens (tertiary/aromatic N) is 1. The zero-order valence-electron chi connectivity index (χ0n) is 12.0. The Morgan fingerprint density at radius 1 is 1.25 bits per heavy atom. The summed E-state index contributed by atoms with van der Waals surface area (Å²) >= 11 is 0. The van der Waals surface area contributed by atoms with Gasteiger partial charge in [0.25, 0.3) is 0 Å². The van der Waals surface area contributed by atoms with Crippen molar-refractivity contribution >= 4 is 6.09 Å². The molecule has 0 bridgehead atoms. The Bertz CT molecular complexity index is 543. The Balaban J connectivity index is 2.04. The summed E-state index contributed by atoms with van der Waals surface area (Å²) in [6, 6.07) is 4.10. The standard InChI is InChI=1S/C15H19NO4/c1-9-6-12-11-8-14(19-3)13(18-2)7-10(11)4-5-16(12)15(17)20-9/h7-9,12H,4-6H2,1-3H3/t9-,12+/m1/s1. The van der Waals surface area contributed by atoms with Gasteiger partial charge in [0.05, 0.1) is 20.3 Å². The van der Waals surface area contributed by atoms with Crippen LogP contribution in [-0.2, 0) is 11.2 Å². The first-order valence-electron chi connectivity index (χ1n) is 6.86. The van der Waals surface area contributed by atoms with Crippen LogP contribution in [0, 0.1) is 0 Å². The number of carbonyl (C=O) groups is 1. The van der Waals surface area contributed by atoms with Crippen LogP contribution in [0.1, 0.15) is 30.5 Å². The van der Waals surface area contributed by atoms with Crippen LogP contribution < -0.4 is 9.47 Å².